The number of aryl methyl sites for hydroxylation is 1. The van der Waals surface area contributed by atoms with Crippen molar-refractivity contribution >= 4 is 17.2 Å². The Balaban J connectivity index is 1.55. The SMILES string of the molecule is CCc1nc(CNC(=O)Cn2nnc(-c3ccccc3)n2)cs1. The third kappa shape index (κ3) is 3.98. The van der Waals surface area contributed by atoms with Gasteiger partial charge in [0.15, 0.2) is 0 Å². The van der Waals surface area contributed by atoms with Crippen LogP contribution in [-0.4, -0.2) is 31.1 Å². The molecule has 0 saturated carbocycles. The quantitative estimate of drug-likeness (QED) is 0.744. The third-order valence-corrected chi connectivity index (χ3v) is 4.18. The first-order valence-corrected chi connectivity index (χ1v) is 8.15. The molecule has 0 aliphatic rings. The molecule has 1 aromatic carbocycles. The Bertz CT molecular complexity index is 782. The number of nitrogens with one attached hydrogen (secondary N) is 1. The minimum atomic E-state index is -0.173. The van der Waals surface area contributed by atoms with Gasteiger partial charge in [-0.25, -0.2) is 4.98 Å². The molecular formula is C15H16N6OS. The third-order valence-electron chi connectivity index (χ3n) is 3.14. The van der Waals surface area contributed by atoms with Crippen LogP contribution < -0.4 is 5.32 Å². The van der Waals surface area contributed by atoms with Crippen molar-refractivity contribution in [2.45, 2.75) is 26.4 Å². The van der Waals surface area contributed by atoms with Crippen LogP contribution in [0.3, 0.4) is 0 Å². The van der Waals surface area contributed by atoms with Crippen molar-refractivity contribution < 1.29 is 4.79 Å². The highest BCUT2D eigenvalue weighted by Crippen LogP contribution is 2.12. The number of aromatic nitrogens is 5. The van der Waals surface area contributed by atoms with Gasteiger partial charge >= 0.3 is 0 Å². The van der Waals surface area contributed by atoms with Gasteiger partial charge in [0.25, 0.3) is 0 Å². The molecule has 0 aliphatic carbocycles. The number of amides is 1. The lowest BCUT2D eigenvalue weighted by atomic mass is 10.2. The van der Waals surface area contributed by atoms with Crippen LogP contribution in [0.2, 0.25) is 0 Å². The Labute approximate surface area is 137 Å². The number of benzene rings is 1. The highest BCUT2D eigenvalue weighted by molar-refractivity contribution is 7.09. The first kappa shape index (κ1) is 15.3. The Kier molecular flexibility index (Phi) is 4.72. The Hall–Kier alpha value is -2.61. The summed E-state index contributed by atoms with van der Waals surface area (Å²) in [5.74, 6) is 0.332. The lowest BCUT2D eigenvalue weighted by Gasteiger charge is -2.01. The van der Waals surface area contributed by atoms with Crippen molar-refractivity contribution in [2.75, 3.05) is 0 Å². The van der Waals surface area contributed by atoms with Crippen LogP contribution in [-0.2, 0) is 24.3 Å². The summed E-state index contributed by atoms with van der Waals surface area (Å²) in [5.41, 5.74) is 1.74. The summed E-state index contributed by atoms with van der Waals surface area (Å²) in [6.07, 6.45) is 0.907. The van der Waals surface area contributed by atoms with Crippen molar-refractivity contribution in [1.82, 2.24) is 30.5 Å². The van der Waals surface area contributed by atoms with Gasteiger partial charge in [-0.15, -0.1) is 21.5 Å². The van der Waals surface area contributed by atoms with E-state index in [9.17, 15) is 4.79 Å². The van der Waals surface area contributed by atoms with E-state index in [1.807, 2.05) is 35.7 Å². The molecule has 0 saturated heterocycles. The van der Waals surface area contributed by atoms with Crippen molar-refractivity contribution in [3.05, 3.63) is 46.4 Å². The largest absolute Gasteiger partial charge is 0.349 e. The van der Waals surface area contributed by atoms with Crippen molar-refractivity contribution in [2.24, 2.45) is 0 Å². The molecule has 3 rings (SSSR count). The summed E-state index contributed by atoms with van der Waals surface area (Å²) < 4.78 is 0. The molecule has 0 aliphatic heterocycles. The summed E-state index contributed by atoms with van der Waals surface area (Å²) in [4.78, 5) is 17.6. The van der Waals surface area contributed by atoms with Gasteiger partial charge in [-0.3, -0.25) is 4.79 Å². The smallest absolute Gasteiger partial charge is 0.243 e. The van der Waals surface area contributed by atoms with Crippen LogP contribution >= 0.6 is 11.3 Å². The van der Waals surface area contributed by atoms with E-state index in [1.54, 1.807) is 11.3 Å². The van der Waals surface area contributed by atoms with Crippen molar-refractivity contribution in [3.8, 4) is 11.4 Å². The zero-order valence-electron chi connectivity index (χ0n) is 12.6. The summed E-state index contributed by atoms with van der Waals surface area (Å²) >= 11 is 1.60. The standard InChI is InChI=1S/C15H16N6OS/c1-2-14-17-12(10-23-14)8-16-13(22)9-21-19-15(18-20-21)11-6-4-3-5-7-11/h3-7,10H,2,8-9H2,1H3,(H,16,22). The van der Waals surface area contributed by atoms with Gasteiger partial charge in [0.1, 0.15) is 6.54 Å². The molecule has 118 valence electrons. The first-order valence-electron chi connectivity index (χ1n) is 7.28. The number of tetrazole rings is 1. The average molecular weight is 328 g/mol. The Morgan fingerprint density at radius 2 is 2.13 bits per heavy atom. The molecule has 2 heterocycles. The van der Waals surface area contributed by atoms with Gasteiger partial charge in [-0.2, -0.15) is 4.80 Å². The molecule has 23 heavy (non-hydrogen) atoms. The molecule has 0 unspecified atom stereocenters. The second-order valence-electron chi connectivity index (χ2n) is 4.87. The number of thiazole rings is 1. The summed E-state index contributed by atoms with van der Waals surface area (Å²) in [5, 5.41) is 17.9. The van der Waals surface area contributed by atoms with E-state index in [-0.39, 0.29) is 12.5 Å². The minimum absolute atomic E-state index is 0.0323. The normalized spacial score (nSPS) is 10.7. The molecular weight excluding hydrogens is 312 g/mol. The van der Waals surface area contributed by atoms with Crippen LogP contribution in [0.25, 0.3) is 11.4 Å². The molecule has 2 aromatic heterocycles. The number of nitrogens with zero attached hydrogens (tertiary/aromatic N) is 5. The molecule has 7 nitrogen and oxygen atoms in total. The Morgan fingerprint density at radius 1 is 1.30 bits per heavy atom. The van der Waals surface area contributed by atoms with Crippen LogP contribution in [0.1, 0.15) is 17.6 Å². The van der Waals surface area contributed by atoms with Gasteiger partial charge < -0.3 is 5.32 Å². The number of hydrogen-bond acceptors (Lipinski definition) is 6. The van der Waals surface area contributed by atoms with Gasteiger partial charge in [0, 0.05) is 10.9 Å². The van der Waals surface area contributed by atoms with Crippen molar-refractivity contribution in [3.63, 3.8) is 0 Å². The highest BCUT2D eigenvalue weighted by Gasteiger charge is 2.09. The molecule has 8 heteroatoms. The topological polar surface area (TPSA) is 85.6 Å². The minimum Gasteiger partial charge on any atom is -0.349 e. The molecule has 0 fully saturated rings. The molecule has 3 aromatic rings. The van der Waals surface area contributed by atoms with E-state index < -0.39 is 0 Å². The van der Waals surface area contributed by atoms with Gasteiger partial charge in [0.2, 0.25) is 11.7 Å². The monoisotopic (exact) mass is 328 g/mol. The Morgan fingerprint density at radius 3 is 2.87 bits per heavy atom. The average Bonchev–Trinajstić information content (AvgIpc) is 3.23. The predicted molar refractivity (Wildman–Crippen MR) is 86.6 cm³/mol. The van der Waals surface area contributed by atoms with Gasteiger partial charge in [-0.05, 0) is 11.6 Å². The van der Waals surface area contributed by atoms with Crippen LogP contribution in [0, 0.1) is 0 Å². The fourth-order valence-electron chi connectivity index (χ4n) is 1.98. The fraction of sp³-hybridized carbons (Fsp3) is 0.267. The zero-order valence-corrected chi connectivity index (χ0v) is 13.5. The zero-order chi connectivity index (χ0) is 16.1. The summed E-state index contributed by atoms with van der Waals surface area (Å²) in [6.45, 7) is 2.50. The number of carbonyl (C=O) groups excluding carboxylic acids is 1. The maximum absolute atomic E-state index is 11.9. The lowest BCUT2D eigenvalue weighted by Crippen LogP contribution is -2.28. The van der Waals surface area contributed by atoms with Crippen molar-refractivity contribution in [1.29, 1.82) is 0 Å². The highest BCUT2D eigenvalue weighted by atomic mass is 32.1. The van der Waals surface area contributed by atoms with E-state index in [0.29, 0.717) is 12.4 Å². The van der Waals surface area contributed by atoms with E-state index in [0.717, 1.165) is 22.7 Å². The molecule has 0 spiro atoms. The fourth-order valence-corrected chi connectivity index (χ4v) is 2.72. The lowest BCUT2D eigenvalue weighted by molar-refractivity contribution is -0.122. The maximum atomic E-state index is 11.9. The number of hydrogen-bond donors (Lipinski definition) is 1. The molecule has 1 amide bonds. The molecule has 0 bridgehead atoms. The van der Waals surface area contributed by atoms with Gasteiger partial charge in [0.05, 0.1) is 17.2 Å². The predicted octanol–water partition coefficient (Wildman–Crippen LogP) is 1.68. The van der Waals surface area contributed by atoms with E-state index in [2.05, 4.69) is 32.6 Å². The maximum Gasteiger partial charge on any atom is 0.243 e. The van der Waals surface area contributed by atoms with Gasteiger partial charge in [-0.1, -0.05) is 37.3 Å². The van der Waals surface area contributed by atoms with E-state index >= 15 is 0 Å². The summed E-state index contributed by atoms with van der Waals surface area (Å²) in [6, 6.07) is 9.52. The number of carbonyl (C=O) groups is 1. The van der Waals surface area contributed by atoms with E-state index in [4.69, 9.17) is 0 Å². The first-order chi connectivity index (χ1) is 11.2. The molecule has 0 radical (unpaired) electrons. The molecule has 0 atom stereocenters. The second-order valence-corrected chi connectivity index (χ2v) is 5.81. The second kappa shape index (κ2) is 7.10. The van der Waals surface area contributed by atoms with Crippen LogP contribution in [0.5, 0.6) is 0 Å². The number of rotatable bonds is 6. The van der Waals surface area contributed by atoms with E-state index in [1.165, 1.54) is 4.80 Å². The van der Waals surface area contributed by atoms with Crippen LogP contribution in [0.4, 0.5) is 0 Å². The molecule has 1 N–H and O–H groups in total. The summed E-state index contributed by atoms with van der Waals surface area (Å²) in [7, 11) is 0. The van der Waals surface area contributed by atoms with Crippen LogP contribution in [0.15, 0.2) is 35.7 Å².